The Morgan fingerprint density at radius 1 is 1.00 bits per heavy atom. The monoisotopic (exact) mass is 258 g/mol. The third-order valence-corrected chi connectivity index (χ3v) is 3.23. The van der Waals surface area contributed by atoms with Crippen molar-refractivity contribution >= 4 is 17.4 Å². The van der Waals surface area contributed by atoms with Gasteiger partial charge in [-0.3, -0.25) is 4.79 Å². The van der Waals surface area contributed by atoms with E-state index in [0.29, 0.717) is 10.6 Å². The third kappa shape index (κ3) is 2.46. The van der Waals surface area contributed by atoms with E-state index in [-0.39, 0.29) is 5.78 Å². The van der Waals surface area contributed by atoms with Crippen LogP contribution in [0.5, 0.6) is 0 Å². The standard InChI is InChI=1S/C16H15ClO/c1-10-7-11(2)15(12(3)8-10)16(18)13-5-4-6-14(17)9-13/h4-9H,1-3H3. The average molecular weight is 259 g/mol. The highest BCUT2D eigenvalue weighted by atomic mass is 35.5. The van der Waals surface area contributed by atoms with E-state index in [0.717, 1.165) is 16.7 Å². The third-order valence-electron chi connectivity index (χ3n) is 2.99. The zero-order valence-corrected chi connectivity index (χ0v) is 11.5. The smallest absolute Gasteiger partial charge is 0.193 e. The maximum atomic E-state index is 12.5. The van der Waals surface area contributed by atoms with E-state index in [4.69, 9.17) is 11.6 Å². The Morgan fingerprint density at radius 2 is 1.61 bits per heavy atom. The van der Waals surface area contributed by atoms with Crippen LogP contribution in [0.4, 0.5) is 0 Å². The molecule has 0 heterocycles. The zero-order valence-electron chi connectivity index (χ0n) is 10.8. The highest BCUT2D eigenvalue weighted by Crippen LogP contribution is 2.21. The molecule has 2 rings (SSSR count). The van der Waals surface area contributed by atoms with Gasteiger partial charge in [0.25, 0.3) is 0 Å². The quantitative estimate of drug-likeness (QED) is 0.725. The van der Waals surface area contributed by atoms with Crippen molar-refractivity contribution in [3.8, 4) is 0 Å². The molecule has 0 unspecified atom stereocenters. The van der Waals surface area contributed by atoms with Crippen LogP contribution in [0.25, 0.3) is 0 Å². The lowest BCUT2D eigenvalue weighted by molar-refractivity contribution is 0.103. The minimum atomic E-state index is 0.0347. The predicted octanol–water partition coefficient (Wildman–Crippen LogP) is 4.50. The molecule has 2 heteroatoms. The first-order valence-corrected chi connectivity index (χ1v) is 6.25. The van der Waals surface area contributed by atoms with Crippen LogP contribution in [-0.2, 0) is 0 Å². The Balaban J connectivity index is 2.53. The van der Waals surface area contributed by atoms with E-state index < -0.39 is 0 Å². The number of ketones is 1. The lowest BCUT2D eigenvalue weighted by atomic mass is 9.93. The van der Waals surface area contributed by atoms with E-state index in [9.17, 15) is 4.79 Å². The fraction of sp³-hybridized carbons (Fsp3) is 0.188. The highest BCUT2D eigenvalue weighted by Gasteiger charge is 2.14. The van der Waals surface area contributed by atoms with Gasteiger partial charge < -0.3 is 0 Å². The van der Waals surface area contributed by atoms with E-state index in [1.807, 2.05) is 32.9 Å². The highest BCUT2D eigenvalue weighted by molar-refractivity contribution is 6.31. The van der Waals surface area contributed by atoms with Crippen LogP contribution in [0.15, 0.2) is 36.4 Å². The van der Waals surface area contributed by atoms with Crippen molar-refractivity contribution in [3.63, 3.8) is 0 Å². The van der Waals surface area contributed by atoms with Crippen LogP contribution in [0.3, 0.4) is 0 Å². The van der Waals surface area contributed by atoms with Gasteiger partial charge in [0.15, 0.2) is 5.78 Å². The van der Waals surface area contributed by atoms with Crippen LogP contribution in [0, 0.1) is 20.8 Å². The second-order valence-electron chi connectivity index (χ2n) is 4.61. The predicted molar refractivity (Wildman–Crippen MR) is 75.5 cm³/mol. The van der Waals surface area contributed by atoms with Crippen LogP contribution in [-0.4, -0.2) is 5.78 Å². The van der Waals surface area contributed by atoms with Gasteiger partial charge in [0.2, 0.25) is 0 Å². The van der Waals surface area contributed by atoms with Gasteiger partial charge in [0, 0.05) is 16.1 Å². The van der Waals surface area contributed by atoms with Crippen molar-refractivity contribution in [3.05, 3.63) is 69.2 Å². The maximum absolute atomic E-state index is 12.5. The molecular weight excluding hydrogens is 244 g/mol. The lowest BCUT2D eigenvalue weighted by Gasteiger charge is -2.10. The summed E-state index contributed by atoms with van der Waals surface area (Å²) in [5, 5.41) is 0.586. The summed E-state index contributed by atoms with van der Waals surface area (Å²) in [6.45, 7) is 5.98. The van der Waals surface area contributed by atoms with Gasteiger partial charge in [0.05, 0.1) is 0 Å². The minimum absolute atomic E-state index is 0.0347. The molecule has 18 heavy (non-hydrogen) atoms. The average Bonchev–Trinajstić information content (AvgIpc) is 2.27. The summed E-state index contributed by atoms with van der Waals surface area (Å²) >= 11 is 5.93. The first-order valence-electron chi connectivity index (χ1n) is 5.87. The molecule has 1 nitrogen and oxygen atoms in total. The molecule has 0 amide bonds. The van der Waals surface area contributed by atoms with Crippen molar-refractivity contribution in [2.75, 3.05) is 0 Å². The number of benzene rings is 2. The molecule has 0 saturated carbocycles. The fourth-order valence-corrected chi connectivity index (χ4v) is 2.50. The fourth-order valence-electron chi connectivity index (χ4n) is 2.31. The van der Waals surface area contributed by atoms with Crippen LogP contribution in [0.1, 0.15) is 32.6 Å². The van der Waals surface area contributed by atoms with Gasteiger partial charge in [-0.2, -0.15) is 0 Å². The first-order chi connectivity index (χ1) is 8.49. The van der Waals surface area contributed by atoms with Crippen molar-refractivity contribution < 1.29 is 4.79 Å². The van der Waals surface area contributed by atoms with Crippen molar-refractivity contribution in [1.29, 1.82) is 0 Å². The molecule has 0 radical (unpaired) electrons. The van der Waals surface area contributed by atoms with Gasteiger partial charge in [-0.25, -0.2) is 0 Å². The lowest BCUT2D eigenvalue weighted by Crippen LogP contribution is -2.06. The molecule has 0 fully saturated rings. The number of carbonyl (C=O) groups is 1. The summed E-state index contributed by atoms with van der Waals surface area (Å²) in [6.07, 6.45) is 0. The topological polar surface area (TPSA) is 17.1 Å². The van der Waals surface area contributed by atoms with Gasteiger partial charge >= 0.3 is 0 Å². The SMILES string of the molecule is Cc1cc(C)c(C(=O)c2cccc(Cl)c2)c(C)c1. The molecule has 0 atom stereocenters. The molecule has 0 N–H and O–H groups in total. The Morgan fingerprint density at radius 3 is 2.17 bits per heavy atom. The van der Waals surface area contributed by atoms with Crippen LogP contribution >= 0.6 is 11.6 Å². The Kier molecular flexibility index (Phi) is 3.53. The van der Waals surface area contributed by atoms with Gasteiger partial charge in [-0.1, -0.05) is 41.4 Å². The summed E-state index contributed by atoms with van der Waals surface area (Å²) in [5.41, 5.74) is 4.61. The molecule has 2 aromatic rings. The second kappa shape index (κ2) is 4.95. The normalized spacial score (nSPS) is 10.4. The van der Waals surface area contributed by atoms with Crippen LogP contribution in [0.2, 0.25) is 5.02 Å². The number of rotatable bonds is 2. The second-order valence-corrected chi connectivity index (χ2v) is 5.05. The summed E-state index contributed by atoms with van der Waals surface area (Å²) < 4.78 is 0. The van der Waals surface area contributed by atoms with E-state index >= 15 is 0 Å². The van der Waals surface area contributed by atoms with Gasteiger partial charge in [-0.05, 0) is 44.0 Å². The largest absolute Gasteiger partial charge is 0.289 e. The Labute approximate surface area is 112 Å². The van der Waals surface area contributed by atoms with Crippen molar-refractivity contribution in [2.45, 2.75) is 20.8 Å². The molecule has 2 aromatic carbocycles. The Bertz CT molecular complexity index is 591. The van der Waals surface area contributed by atoms with E-state index in [2.05, 4.69) is 0 Å². The number of carbonyl (C=O) groups excluding carboxylic acids is 1. The van der Waals surface area contributed by atoms with Gasteiger partial charge in [0.1, 0.15) is 0 Å². The molecule has 0 aromatic heterocycles. The summed E-state index contributed by atoms with van der Waals surface area (Å²) in [7, 11) is 0. The zero-order chi connectivity index (χ0) is 13.3. The van der Waals surface area contributed by atoms with Gasteiger partial charge in [-0.15, -0.1) is 0 Å². The molecule has 0 aliphatic carbocycles. The van der Waals surface area contributed by atoms with Crippen LogP contribution < -0.4 is 0 Å². The van der Waals surface area contributed by atoms with E-state index in [1.165, 1.54) is 5.56 Å². The summed E-state index contributed by atoms with van der Waals surface area (Å²) in [5.74, 6) is 0.0347. The van der Waals surface area contributed by atoms with Crippen molar-refractivity contribution in [1.82, 2.24) is 0 Å². The number of hydrogen-bond donors (Lipinski definition) is 0. The molecule has 0 aliphatic rings. The molecular formula is C16H15ClO. The number of hydrogen-bond acceptors (Lipinski definition) is 1. The number of aryl methyl sites for hydroxylation is 3. The maximum Gasteiger partial charge on any atom is 0.193 e. The first kappa shape index (κ1) is 12.8. The minimum Gasteiger partial charge on any atom is -0.289 e. The summed E-state index contributed by atoms with van der Waals surface area (Å²) in [4.78, 5) is 12.5. The molecule has 0 aliphatic heterocycles. The van der Waals surface area contributed by atoms with E-state index in [1.54, 1.807) is 24.3 Å². The van der Waals surface area contributed by atoms with Crippen molar-refractivity contribution in [2.24, 2.45) is 0 Å². The summed E-state index contributed by atoms with van der Waals surface area (Å²) in [6, 6.07) is 11.1. The number of halogens is 1. The molecule has 0 spiro atoms. The molecule has 0 bridgehead atoms. The Hall–Kier alpha value is -1.60. The molecule has 92 valence electrons. The molecule has 0 saturated heterocycles.